The molecule has 4 aliphatic carbocycles. The Labute approximate surface area is 328 Å². The molecule has 0 heterocycles. The van der Waals surface area contributed by atoms with Crippen molar-refractivity contribution < 1.29 is 5.11 Å². The van der Waals surface area contributed by atoms with Crippen LogP contribution in [0.5, 0.6) is 0 Å². The zero-order valence-corrected chi connectivity index (χ0v) is 31.5. The van der Waals surface area contributed by atoms with Crippen LogP contribution >= 0.6 is 0 Å². The molecule has 0 bridgehead atoms. The van der Waals surface area contributed by atoms with E-state index in [0.29, 0.717) is 6.42 Å². The summed E-state index contributed by atoms with van der Waals surface area (Å²) >= 11 is 0. The molecule has 4 aliphatic rings. The van der Waals surface area contributed by atoms with Crippen molar-refractivity contribution in [1.82, 2.24) is 0 Å². The topological polar surface area (TPSA) is 20.2 Å². The molecule has 1 nitrogen and oxygen atoms in total. The largest absolute Gasteiger partial charge is 0.396 e. The number of hydrogen-bond acceptors (Lipinski definition) is 1. The van der Waals surface area contributed by atoms with Gasteiger partial charge in [0.25, 0.3) is 0 Å². The Morgan fingerprint density at radius 1 is 0.321 bits per heavy atom. The van der Waals surface area contributed by atoms with Crippen LogP contribution in [-0.2, 0) is 32.1 Å². The highest BCUT2D eigenvalue weighted by Gasteiger charge is 2.25. The minimum Gasteiger partial charge on any atom is -0.396 e. The first-order chi connectivity index (χ1) is 27.5. The molecule has 0 fully saturated rings. The summed E-state index contributed by atoms with van der Waals surface area (Å²) in [7, 11) is 0. The standard InChI is InChI=1S/C55H40O/c1-32-2-10-48-40(20-32)28-42-22-34(4-12-50(42)48)36-6-14-52-44(24-36)30-46-26-38(8-16-54(46)52)39-9-17-55-47(27-39)31-45-25-37(7-15-53(45)55)35-5-13-51-43(23-35)29-41-21-33(18-19-56)3-11-49(41)51/h2-17,20-27,56H,18-19,28-31H2,1H3. The number of aliphatic hydroxyl groups is 1. The second-order valence-corrected chi connectivity index (χ2v) is 16.6. The van der Waals surface area contributed by atoms with Gasteiger partial charge in [-0.25, -0.2) is 0 Å². The fraction of sp³-hybridized carbons (Fsp3) is 0.127. The lowest BCUT2D eigenvalue weighted by atomic mass is 9.95. The summed E-state index contributed by atoms with van der Waals surface area (Å²) in [6.07, 6.45) is 4.63. The highest BCUT2D eigenvalue weighted by molar-refractivity contribution is 5.87. The van der Waals surface area contributed by atoms with Crippen molar-refractivity contribution in [3.05, 3.63) is 201 Å². The molecule has 1 N–H and O–H groups in total. The molecular weight excluding hydrogens is 677 g/mol. The lowest BCUT2D eigenvalue weighted by Crippen LogP contribution is -1.91. The summed E-state index contributed by atoms with van der Waals surface area (Å²) in [5, 5.41) is 9.43. The first kappa shape index (κ1) is 32.0. The van der Waals surface area contributed by atoms with E-state index in [1.54, 1.807) is 0 Å². The van der Waals surface area contributed by atoms with Crippen molar-refractivity contribution in [3.63, 3.8) is 0 Å². The first-order valence-electron chi connectivity index (χ1n) is 20.2. The van der Waals surface area contributed by atoms with E-state index >= 15 is 0 Å². The van der Waals surface area contributed by atoms with E-state index in [1.165, 1.54) is 134 Å². The molecule has 8 aromatic rings. The van der Waals surface area contributed by atoms with Gasteiger partial charge >= 0.3 is 0 Å². The third-order valence-electron chi connectivity index (χ3n) is 13.1. The van der Waals surface area contributed by atoms with Crippen molar-refractivity contribution in [2.45, 2.75) is 39.0 Å². The second-order valence-electron chi connectivity index (χ2n) is 16.6. The van der Waals surface area contributed by atoms with E-state index in [4.69, 9.17) is 0 Å². The quantitative estimate of drug-likeness (QED) is 0.188. The fourth-order valence-corrected chi connectivity index (χ4v) is 10.4. The van der Waals surface area contributed by atoms with E-state index in [0.717, 1.165) is 25.7 Å². The van der Waals surface area contributed by atoms with Gasteiger partial charge in [0, 0.05) is 6.61 Å². The predicted octanol–water partition coefficient (Wildman–Crippen LogP) is 12.8. The third-order valence-corrected chi connectivity index (χ3v) is 13.1. The van der Waals surface area contributed by atoms with E-state index < -0.39 is 0 Å². The zero-order chi connectivity index (χ0) is 37.1. The maximum absolute atomic E-state index is 9.43. The smallest absolute Gasteiger partial charge is 0.0471 e. The van der Waals surface area contributed by atoms with Gasteiger partial charge in [-0.3, -0.25) is 0 Å². The van der Waals surface area contributed by atoms with Crippen molar-refractivity contribution in [2.75, 3.05) is 6.61 Å². The lowest BCUT2D eigenvalue weighted by Gasteiger charge is -2.09. The molecule has 0 atom stereocenters. The highest BCUT2D eigenvalue weighted by Crippen LogP contribution is 2.45. The van der Waals surface area contributed by atoms with Crippen molar-refractivity contribution in [1.29, 1.82) is 0 Å². The number of aryl methyl sites for hydroxylation is 1. The van der Waals surface area contributed by atoms with Gasteiger partial charge in [-0.1, -0.05) is 151 Å². The normalized spacial score (nSPS) is 13.4. The van der Waals surface area contributed by atoms with E-state index in [9.17, 15) is 5.11 Å². The fourth-order valence-electron chi connectivity index (χ4n) is 10.4. The van der Waals surface area contributed by atoms with Gasteiger partial charge in [0.15, 0.2) is 0 Å². The minimum absolute atomic E-state index is 0.192. The van der Waals surface area contributed by atoms with Crippen LogP contribution in [0.2, 0.25) is 0 Å². The van der Waals surface area contributed by atoms with Crippen LogP contribution in [0.25, 0.3) is 77.9 Å². The van der Waals surface area contributed by atoms with Crippen LogP contribution in [0.4, 0.5) is 0 Å². The molecule has 0 amide bonds. The second kappa shape index (κ2) is 12.1. The average Bonchev–Trinajstić information content (AvgIpc) is 3.98. The average molecular weight is 717 g/mol. The van der Waals surface area contributed by atoms with Crippen LogP contribution in [0.3, 0.4) is 0 Å². The number of benzene rings is 8. The molecule has 0 spiro atoms. The van der Waals surface area contributed by atoms with Crippen molar-refractivity contribution in [3.8, 4) is 77.9 Å². The molecule has 56 heavy (non-hydrogen) atoms. The van der Waals surface area contributed by atoms with Crippen molar-refractivity contribution >= 4 is 0 Å². The molecule has 0 aliphatic heterocycles. The molecule has 1 heteroatoms. The van der Waals surface area contributed by atoms with Gasteiger partial charge in [0.2, 0.25) is 0 Å². The third kappa shape index (κ3) is 4.97. The predicted molar refractivity (Wildman–Crippen MR) is 231 cm³/mol. The zero-order valence-electron chi connectivity index (χ0n) is 31.5. The summed E-state index contributed by atoms with van der Waals surface area (Å²) in [6.45, 7) is 2.38. The van der Waals surface area contributed by atoms with Gasteiger partial charge in [0.1, 0.15) is 0 Å². The number of rotatable bonds is 5. The monoisotopic (exact) mass is 716 g/mol. The van der Waals surface area contributed by atoms with Crippen LogP contribution < -0.4 is 0 Å². The van der Waals surface area contributed by atoms with E-state index in [1.807, 2.05) is 0 Å². The van der Waals surface area contributed by atoms with E-state index in [-0.39, 0.29) is 6.61 Å². The highest BCUT2D eigenvalue weighted by atomic mass is 16.2. The summed E-state index contributed by atoms with van der Waals surface area (Å²) in [5.74, 6) is 0. The van der Waals surface area contributed by atoms with Gasteiger partial charge in [-0.05, 0) is 167 Å². The maximum Gasteiger partial charge on any atom is 0.0471 e. The van der Waals surface area contributed by atoms with Gasteiger partial charge in [-0.2, -0.15) is 0 Å². The van der Waals surface area contributed by atoms with Gasteiger partial charge in [-0.15, -0.1) is 0 Å². The Hall–Kier alpha value is -6.28. The SMILES string of the molecule is Cc1ccc2c(c1)Cc1cc(-c3ccc4c(c3)Cc3cc(-c5ccc6c(c5)Cc5cc(-c7ccc8c(c7)Cc7cc(CCO)ccc7-8)ccc5-6)ccc3-4)ccc1-2. The Morgan fingerprint density at radius 2 is 0.589 bits per heavy atom. The van der Waals surface area contributed by atoms with Crippen LogP contribution in [-0.4, -0.2) is 11.7 Å². The molecule has 8 aromatic carbocycles. The lowest BCUT2D eigenvalue weighted by molar-refractivity contribution is 0.299. The molecule has 12 rings (SSSR count). The Bertz CT molecular complexity index is 2990. The molecule has 0 unspecified atom stereocenters. The molecular formula is C55H40O. The number of hydrogen-bond donors (Lipinski definition) is 1. The number of aliphatic hydroxyl groups excluding tert-OH is 1. The summed E-state index contributed by atoms with van der Waals surface area (Å²) in [6, 6.07) is 56.0. The van der Waals surface area contributed by atoms with Gasteiger partial charge in [0.05, 0.1) is 0 Å². The molecule has 266 valence electrons. The van der Waals surface area contributed by atoms with Crippen molar-refractivity contribution in [2.24, 2.45) is 0 Å². The van der Waals surface area contributed by atoms with Gasteiger partial charge < -0.3 is 5.11 Å². The molecule has 0 radical (unpaired) electrons. The summed E-state index contributed by atoms with van der Waals surface area (Å²) < 4.78 is 0. The summed E-state index contributed by atoms with van der Waals surface area (Å²) in [4.78, 5) is 0. The minimum atomic E-state index is 0.192. The molecule has 0 saturated carbocycles. The molecule has 0 saturated heterocycles. The Kier molecular flexibility index (Phi) is 6.92. The maximum atomic E-state index is 9.43. The Morgan fingerprint density at radius 3 is 0.911 bits per heavy atom. The van der Waals surface area contributed by atoms with Crippen LogP contribution in [0, 0.1) is 6.92 Å². The first-order valence-corrected chi connectivity index (χ1v) is 20.2. The van der Waals surface area contributed by atoms with E-state index in [2.05, 4.69) is 153 Å². The summed E-state index contributed by atoms with van der Waals surface area (Å²) in [5.41, 5.74) is 32.6. The number of fused-ring (bicyclic) bond motifs is 12. The Balaban J connectivity index is 0.781. The van der Waals surface area contributed by atoms with Crippen LogP contribution in [0.15, 0.2) is 146 Å². The van der Waals surface area contributed by atoms with Crippen LogP contribution in [0.1, 0.15) is 55.6 Å². The molecule has 0 aromatic heterocycles.